The third-order valence-corrected chi connectivity index (χ3v) is 5.09. The standard InChI is InChI=1S/C19H14N6S/c1-2-4-16-15(3-1)22-17(23-16)11-21-19-25-24-18(26-19)13-5-6-14-10-20-8-7-12(14)9-13/h1-10H,11H2,(H,21,25)(H,22,23). The van der Waals surface area contributed by atoms with Gasteiger partial charge in [0.05, 0.1) is 17.6 Å². The highest BCUT2D eigenvalue weighted by Gasteiger charge is 2.08. The van der Waals surface area contributed by atoms with Crippen LogP contribution in [0.2, 0.25) is 0 Å². The molecule has 0 unspecified atom stereocenters. The molecule has 0 amide bonds. The van der Waals surface area contributed by atoms with Crippen molar-refractivity contribution in [1.29, 1.82) is 0 Å². The van der Waals surface area contributed by atoms with E-state index in [1.807, 2.05) is 42.6 Å². The topological polar surface area (TPSA) is 79.4 Å². The van der Waals surface area contributed by atoms with E-state index in [1.54, 1.807) is 6.20 Å². The van der Waals surface area contributed by atoms with Gasteiger partial charge >= 0.3 is 0 Å². The molecule has 0 saturated carbocycles. The SMILES string of the molecule is c1ccc2[nH]c(CNc3nnc(-c4ccc5cnccc5c4)s3)nc2c1. The number of rotatable bonds is 4. The maximum Gasteiger partial charge on any atom is 0.206 e. The summed E-state index contributed by atoms with van der Waals surface area (Å²) in [7, 11) is 0. The van der Waals surface area contributed by atoms with E-state index >= 15 is 0 Å². The van der Waals surface area contributed by atoms with Gasteiger partial charge in [0.25, 0.3) is 0 Å². The lowest BCUT2D eigenvalue weighted by Gasteiger charge is -1.99. The van der Waals surface area contributed by atoms with Crippen molar-refractivity contribution in [3.8, 4) is 10.6 Å². The number of H-pyrrole nitrogens is 1. The molecule has 0 radical (unpaired) electrons. The fraction of sp³-hybridized carbons (Fsp3) is 0.0526. The number of fused-ring (bicyclic) bond motifs is 2. The first kappa shape index (κ1) is 15.0. The molecule has 2 N–H and O–H groups in total. The summed E-state index contributed by atoms with van der Waals surface area (Å²) in [6.45, 7) is 0.576. The average Bonchev–Trinajstić information content (AvgIpc) is 3.32. The Labute approximate surface area is 153 Å². The molecular weight excluding hydrogens is 344 g/mol. The largest absolute Gasteiger partial charge is 0.353 e. The zero-order chi connectivity index (χ0) is 17.3. The molecule has 0 atom stereocenters. The first-order valence-corrected chi connectivity index (χ1v) is 9.02. The fourth-order valence-corrected chi connectivity index (χ4v) is 3.61. The molecule has 26 heavy (non-hydrogen) atoms. The smallest absolute Gasteiger partial charge is 0.206 e. The number of pyridine rings is 1. The highest BCUT2D eigenvalue weighted by atomic mass is 32.1. The van der Waals surface area contributed by atoms with Crippen LogP contribution in [0.4, 0.5) is 5.13 Å². The lowest BCUT2D eigenvalue weighted by atomic mass is 10.1. The first-order chi connectivity index (χ1) is 12.8. The van der Waals surface area contributed by atoms with Gasteiger partial charge in [0.1, 0.15) is 10.8 Å². The normalized spacial score (nSPS) is 11.2. The number of hydrogen-bond donors (Lipinski definition) is 2. The van der Waals surface area contributed by atoms with E-state index in [0.29, 0.717) is 6.54 Å². The number of nitrogens with one attached hydrogen (secondary N) is 2. The van der Waals surface area contributed by atoms with Gasteiger partial charge in [-0.3, -0.25) is 4.98 Å². The summed E-state index contributed by atoms with van der Waals surface area (Å²) >= 11 is 1.53. The van der Waals surface area contributed by atoms with Crippen LogP contribution in [0.5, 0.6) is 0 Å². The van der Waals surface area contributed by atoms with Crippen LogP contribution in [0, 0.1) is 0 Å². The molecule has 3 aromatic heterocycles. The van der Waals surface area contributed by atoms with Gasteiger partial charge in [0, 0.05) is 23.3 Å². The summed E-state index contributed by atoms with van der Waals surface area (Å²) in [4.78, 5) is 12.0. The number of hydrogen-bond acceptors (Lipinski definition) is 6. The van der Waals surface area contributed by atoms with Crippen molar-refractivity contribution < 1.29 is 0 Å². The van der Waals surface area contributed by atoms with E-state index in [1.165, 1.54) is 11.3 Å². The number of benzene rings is 2. The fourth-order valence-electron chi connectivity index (χ4n) is 2.88. The van der Waals surface area contributed by atoms with Crippen LogP contribution in [0.3, 0.4) is 0 Å². The number of aromatic amines is 1. The molecule has 0 fully saturated rings. The predicted octanol–water partition coefficient (Wildman–Crippen LogP) is 4.24. The Kier molecular flexibility index (Phi) is 3.57. The highest BCUT2D eigenvalue weighted by molar-refractivity contribution is 7.18. The minimum atomic E-state index is 0.576. The second-order valence-corrected chi connectivity index (χ2v) is 6.88. The molecule has 0 aliphatic rings. The van der Waals surface area contributed by atoms with Crippen molar-refractivity contribution >= 4 is 38.3 Å². The van der Waals surface area contributed by atoms with Crippen LogP contribution in [-0.4, -0.2) is 25.1 Å². The Morgan fingerprint density at radius 3 is 2.92 bits per heavy atom. The van der Waals surface area contributed by atoms with Crippen molar-refractivity contribution in [3.05, 3.63) is 66.7 Å². The van der Waals surface area contributed by atoms with Crippen molar-refractivity contribution in [1.82, 2.24) is 25.1 Å². The summed E-state index contributed by atoms with van der Waals surface area (Å²) in [5, 5.41) is 15.8. The molecule has 0 bridgehead atoms. The Morgan fingerprint density at radius 1 is 1.00 bits per heavy atom. The van der Waals surface area contributed by atoms with Gasteiger partial charge in [-0.25, -0.2) is 4.98 Å². The van der Waals surface area contributed by atoms with Crippen LogP contribution in [0.25, 0.3) is 32.4 Å². The van der Waals surface area contributed by atoms with Crippen molar-refractivity contribution in [2.45, 2.75) is 6.54 Å². The Bertz CT molecular complexity index is 1180. The van der Waals surface area contributed by atoms with E-state index in [-0.39, 0.29) is 0 Å². The third-order valence-electron chi connectivity index (χ3n) is 4.16. The van der Waals surface area contributed by atoms with Gasteiger partial charge in [-0.2, -0.15) is 0 Å². The molecule has 0 spiro atoms. The molecule has 0 saturated heterocycles. The molecule has 6 nitrogen and oxygen atoms in total. The maximum absolute atomic E-state index is 4.56. The van der Waals surface area contributed by atoms with Gasteiger partial charge < -0.3 is 10.3 Å². The van der Waals surface area contributed by atoms with Crippen LogP contribution < -0.4 is 5.32 Å². The van der Waals surface area contributed by atoms with E-state index in [4.69, 9.17) is 0 Å². The lowest BCUT2D eigenvalue weighted by Crippen LogP contribution is -2.00. The minimum absolute atomic E-state index is 0.576. The molecule has 2 aromatic carbocycles. The maximum atomic E-state index is 4.56. The van der Waals surface area contributed by atoms with Gasteiger partial charge in [-0.1, -0.05) is 35.6 Å². The summed E-state index contributed by atoms with van der Waals surface area (Å²) in [5.41, 5.74) is 3.05. The van der Waals surface area contributed by atoms with Crippen molar-refractivity contribution in [2.75, 3.05) is 5.32 Å². The van der Waals surface area contributed by atoms with Crippen LogP contribution >= 0.6 is 11.3 Å². The summed E-state index contributed by atoms with van der Waals surface area (Å²) in [5.74, 6) is 0.876. The van der Waals surface area contributed by atoms with E-state index in [0.717, 1.165) is 43.3 Å². The van der Waals surface area contributed by atoms with Crippen molar-refractivity contribution in [3.63, 3.8) is 0 Å². The minimum Gasteiger partial charge on any atom is -0.353 e. The zero-order valence-corrected chi connectivity index (χ0v) is 14.5. The average molecular weight is 358 g/mol. The molecule has 126 valence electrons. The Morgan fingerprint density at radius 2 is 1.96 bits per heavy atom. The molecule has 3 heterocycles. The summed E-state index contributed by atoms with van der Waals surface area (Å²) in [6.07, 6.45) is 3.66. The van der Waals surface area contributed by atoms with E-state index in [9.17, 15) is 0 Å². The number of para-hydroxylation sites is 2. The molecule has 5 rings (SSSR count). The number of aromatic nitrogens is 5. The number of anilines is 1. The predicted molar refractivity (Wildman–Crippen MR) is 104 cm³/mol. The van der Waals surface area contributed by atoms with Gasteiger partial charge in [0.2, 0.25) is 5.13 Å². The zero-order valence-electron chi connectivity index (χ0n) is 13.7. The highest BCUT2D eigenvalue weighted by Crippen LogP contribution is 2.29. The molecule has 5 aromatic rings. The summed E-state index contributed by atoms with van der Waals surface area (Å²) in [6, 6.07) is 16.2. The lowest BCUT2D eigenvalue weighted by molar-refractivity contribution is 0.988. The number of nitrogens with zero attached hydrogens (tertiary/aromatic N) is 4. The van der Waals surface area contributed by atoms with Crippen LogP contribution in [-0.2, 0) is 6.54 Å². The van der Waals surface area contributed by atoms with Gasteiger partial charge in [0.15, 0.2) is 0 Å². The molecule has 0 aliphatic heterocycles. The van der Waals surface area contributed by atoms with Gasteiger partial charge in [-0.15, -0.1) is 10.2 Å². The Hall–Kier alpha value is -3.32. The van der Waals surface area contributed by atoms with Crippen LogP contribution in [0.15, 0.2) is 60.9 Å². The first-order valence-electron chi connectivity index (χ1n) is 8.20. The second kappa shape index (κ2) is 6.20. The molecule has 0 aliphatic carbocycles. The third kappa shape index (κ3) is 2.78. The summed E-state index contributed by atoms with van der Waals surface area (Å²) < 4.78 is 0. The number of imidazole rings is 1. The van der Waals surface area contributed by atoms with Crippen LogP contribution in [0.1, 0.15) is 5.82 Å². The quantitative estimate of drug-likeness (QED) is 0.502. The van der Waals surface area contributed by atoms with E-state index < -0.39 is 0 Å². The van der Waals surface area contributed by atoms with Crippen molar-refractivity contribution in [2.24, 2.45) is 0 Å². The van der Waals surface area contributed by atoms with E-state index in [2.05, 4.69) is 42.6 Å². The Balaban J connectivity index is 1.35. The molecular formula is C19H14N6S. The second-order valence-electron chi connectivity index (χ2n) is 5.90. The van der Waals surface area contributed by atoms with Gasteiger partial charge in [-0.05, 0) is 29.7 Å². The monoisotopic (exact) mass is 358 g/mol. The molecule has 7 heteroatoms.